The maximum Gasteiger partial charge on any atom is 0.113 e. The molecule has 0 atom stereocenters. The fourth-order valence-electron chi connectivity index (χ4n) is 2.91. The van der Waals surface area contributed by atoms with Gasteiger partial charge in [0, 0.05) is 15.0 Å². The molecule has 2 radical (unpaired) electrons. The number of benzene rings is 2. The molecule has 94 valence electrons. The quantitative estimate of drug-likeness (QED) is 0.579. The van der Waals surface area contributed by atoms with E-state index in [0.29, 0.717) is 0 Å². The minimum absolute atomic E-state index is 0.820. The third-order valence-electron chi connectivity index (χ3n) is 3.85. The standard InChI is InChI=1S/C18H13BS/c19-13-6-3-5-12(11-13)14-8-4-9-16-15-7-1-2-10-17(15)20-18(14)16/h1,3-9,11H,2,10H2. The Morgan fingerprint density at radius 1 is 1.05 bits per heavy atom. The summed E-state index contributed by atoms with van der Waals surface area (Å²) in [5, 5.41) is 1.38. The molecule has 0 saturated carbocycles. The van der Waals surface area contributed by atoms with Crippen molar-refractivity contribution >= 4 is 40.8 Å². The van der Waals surface area contributed by atoms with Gasteiger partial charge in [0.2, 0.25) is 0 Å². The van der Waals surface area contributed by atoms with Crippen LogP contribution >= 0.6 is 11.3 Å². The second-order valence-corrected chi connectivity index (χ2v) is 6.29. The predicted octanol–water partition coefficient (Wildman–Crippen LogP) is 4.32. The highest BCUT2D eigenvalue weighted by molar-refractivity contribution is 7.20. The van der Waals surface area contributed by atoms with Crippen LogP contribution in [0.4, 0.5) is 0 Å². The number of aryl methyl sites for hydroxylation is 1. The van der Waals surface area contributed by atoms with Gasteiger partial charge >= 0.3 is 0 Å². The monoisotopic (exact) mass is 272 g/mol. The molecule has 0 bridgehead atoms. The summed E-state index contributed by atoms with van der Waals surface area (Å²) in [4.78, 5) is 1.51. The highest BCUT2D eigenvalue weighted by atomic mass is 32.1. The first-order valence-electron chi connectivity index (χ1n) is 6.90. The Bertz CT molecular complexity index is 827. The lowest BCUT2D eigenvalue weighted by Gasteiger charge is -2.05. The van der Waals surface area contributed by atoms with Crippen LogP contribution in [0.25, 0.3) is 27.3 Å². The van der Waals surface area contributed by atoms with Crippen molar-refractivity contribution in [3.8, 4) is 11.1 Å². The molecule has 0 saturated heterocycles. The van der Waals surface area contributed by atoms with Crippen LogP contribution in [0, 0.1) is 0 Å². The predicted molar refractivity (Wildman–Crippen MR) is 90.0 cm³/mol. The van der Waals surface area contributed by atoms with Gasteiger partial charge in [-0.15, -0.1) is 11.3 Å². The highest BCUT2D eigenvalue weighted by Crippen LogP contribution is 2.40. The van der Waals surface area contributed by atoms with Gasteiger partial charge < -0.3 is 0 Å². The van der Waals surface area contributed by atoms with Crippen molar-refractivity contribution in [3.63, 3.8) is 0 Å². The molecule has 1 aromatic heterocycles. The fourth-order valence-corrected chi connectivity index (χ4v) is 4.24. The molecule has 1 aliphatic carbocycles. The summed E-state index contributed by atoms with van der Waals surface area (Å²) in [5.74, 6) is 0. The van der Waals surface area contributed by atoms with Gasteiger partial charge in [0.1, 0.15) is 7.85 Å². The maximum absolute atomic E-state index is 5.93. The van der Waals surface area contributed by atoms with Crippen molar-refractivity contribution in [1.82, 2.24) is 0 Å². The zero-order valence-electron chi connectivity index (χ0n) is 11.1. The van der Waals surface area contributed by atoms with E-state index in [9.17, 15) is 0 Å². The Labute approximate surface area is 124 Å². The smallest absolute Gasteiger partial charge is 0.113 e. The van der Waals surface area contributed by atoms with Gasteiger partial charge in [-0.25, -0.2) is 0 Å². The van der Waals surface area contributed by atoms with Gasteiger partial charge in [-0.3, -0.25) is 0 Å². The molecule has 0 amide bonds. The van der Waals surface area contributed by atoms with E-state index in [4.69, 9.17) is 7.85 Å². The molecule has 20 heavy (non-hydrogen) atoms. The Morgan fingerprint density at radius 2 is 1.95 bits per heavy atom. The molecule has 4 rings (SSSR count). The summed E-state index contributed by atoms with van der Waals surface area (Å²) < 4.78 is 1.38. The number of hydrogen-bond acceptors (Lipinski definition) is 1. The van der Waals surface area contributed by atoms with Crippen LogP contribution in [-0.4, -0.2) is 7.85 Å². The lowest BCUT2D eigenvalue weighted by molar-refractivity contribution is 1.02. The second kappa shape index (κ2) is 4.64. The van der Waals surface area contributed by atoms with E-state index in [1.807, 2.05) is 23.5 Å². The van der Waals surface area contributed by atoms with Crippen LogP contribution in [0.2, 0.25) is 0 Å². The van der Waals surface area contributed by atoms with E-state index in [0.717, 1.165) is 11.9 Å². The molecule has 0 spiro atoms. The summed E-state index contributed by atoms with van der Waals surface area (Å²) in [6, 6.07) is 14.7. The van der Waals surface area contributed by atoms with E-state index >= 15 is 0 Å². The van der Waals surface area contributed by atoms with Crippen LogP contribution in [0.3, 0.4) is 0 Å². The number of fused-ring (bicyclic) bond motifs is 3. The highest BCUT2D eigenvalue weighted by Gasteiger charge is 2.15. The largest absolute Gasteiger partial charge is 0.139 e. The number of thiophene rings is 1. The zero-order valence-corrected chi connectivity index (χ0v) is 11.9. The summed E-state index contributed by atoms with van der Waals surface area (Å²) >= 11 is 1.93. The summed E-state index contributed by atoms with van der Waals surface area (Å²) in [7, 11) is 5.93. The van der Waals surface area contributed by atoms with Gasteiger partial charge in [-0.1, -0.05) is 60.1 Å². The molecule has 0 N–H and O–H groups in total. The average Bonchev–Trinajstić information content (AvgIpc) is 2.86. The molecule has 0 aliphatic heterocycles. The van der Waals surface area contributed by atoms with Crippen molar-refractivity contribution in [2.24, 2.45) is 0 Å². The van der Waals surface area contributed by atoms with Gasteiger partial charge in [-0.05, 0) is 29.5 Å². The molecule has 0 nitrogen and oxygen atoms in total. The molecule has 1 aliphatic rings. The molecule has 0 unspecified atom stereocenters. The van der Waals surface area contributed by atoms with E-state index in [-0.39, 0.29) is 0 Å². The van der Waals surface area contributed by atoms with Crippen LogP contribution in [0.15, 0.2) is 48.5 Å². The summed E-state index contributed by atoms with van der Waals surface area (Å²) in [6.45, 7) is 0. The molecule has 3 aromatic rings. The third kappa shape index (κ3) is 1.83. The van der Waals surface area contributed by atoms with E-state index in [1.165, 1.54) is 38.1 Å². The normalized spacial score (nSPS) is 13.6. The molecule has 2 aromatic carbocycles. The van der Waals surface area contributed by atoms with Crippen LogP contribution in [0.1, 0.15) is 16.9 Å². The van der Waals surface area contributed by atoms with E-state index < -0.39 is 0 Å². The first-order chi connectivity index (χ1) is 9.83. The fraction of sp³-hybridized carbons (Fsp3) is 0.111. The lowest BCUT2D eigenvalue weighted by atomic mass is 9.92. The van der Waals surface area contributed by atoms with Crippen molar-refractivity contribution in [2.75, 3.05) is 0 Å². The topological polar surface area (TPSA) is 0 Å². The van der Waals surface area contributed by atoms with E-state index in [1.54, 1.807) is 0 Å². The molecule has 2 heteroatoms. The third-order valence-corrected chi connectivity index (χ3v) is 5.17. The number of rotatable bonds is 1. The Hall–Kier alpha value is -1.80. The van der Waals surface area contributed by atoms with Gasteiger partial charge in [0.05, 0.1) is 0 Å². The SMILES string of the molecule is [B]c1cccc(-c2cccc3c4c(sc23)CCC=C4)c1. The minimum atomic E-state index is 0.820. The first-order valence-corrected chi connectivity index (χ1v) is 7.71. The van der Waals surface area contributed by atoms with Crippen molar-refractivity contribution in [1.29, 1.82) is 0 Å². The van der Waals surface area contributed by atoms with Crippen molar-refractivity contribution in [3.05, 3.63) is 59.0 Å². The molecular formula is C18H13BS. The second-order valence-electron chi connectivity index (χ2n) is 5.19. The summed E-state index contributed by atoms with van der Waals surface area (Å²) in [6.07, 6.45) is 6.89. The molecule has 0 fully saturated rings. The van der Waals surface area contributed by atoms with E-state index in [2.05, 4.69) is 42.5 Å². The molecular weight excluding hydrogens is 259 g/mol. The van der Waals surface area contributed by atoms with Gasteiger partial charge in [0.15, 0.2) is 0 Å². The Balaban J connectivity index is 2.01. The summed E-state index contributed by atoms with van der Waals surface area (Å²) in [5.41, 5.74) is 4.74. The average molecular weight is 272 g/mol. The van der Waals surface area contributed by atoms with Crippen molar-refractivity contribution < 1.29 is 0 Å². The van der Waals surface area contributed by atoms with Crippen LogP contribution in [0.5, 0.6) is 0 Å². The zero-order chi connectivity index (χ0) is 13.5. The van der Waals surface area contributed by atoms with Crippen LogP contribution in [-0.2, 0) is 6.42 Å². The number of allylic oxidation sites excluding steroid dienone is 1. The van der Waals surface area contributed by atoms with Crippen LogP contribution < -0.4 is 5.46 Å². The van der Waals surface area contributed by atoms with Gasteiger partial charge in [0.25, 0.3) is 0 Å². The van der Waals surface area contributed by atoms with Crippen molar-refractivity contribution in [2.45, 2.75) is 12.8 Å². The Morgan fingerprint density at radius 3 is 2.85 bits per heavy atom. The molecule has 1 heterocycles. The maximum atomic E-state index is 5.93. The Kier molecular flexibility index (Phi) is 2.78. The number of hydrogen-bond donors (Lipinski definition) is 0. The minimum Gasteiger partial charge on any atom is -0.139 e. The lowest BCUT2D eigenvalue weighted by Crippen LogP contribution is -2.00. The van der Waals surface area contributed by atoms with Gasteiger partial charge in [-0.2, -0.15) is 0 Å². The first kappa shape index (κ1) is 12.0.